The van der Waals surface area contributed by atoms with E-state index in [0.717, 1.165) is 35.6 Å². The number of hydrogen-bond acceptors (Lipinski definition) is 4. The van der Waals surface area contributed by atoms with Crippen LogP contribution in [0.1, 0.15) is 62.8 Å². The van der Waals surface area contributed by atoms with Gasteiger partial charge in [-0.25, -0.2) is 8.78 Å². The molecule has 10 heteroatoms. The number of piperidine rings is 1. The summed E-state index contributed by atoms with van der Waals surface area (Å²) in [6.45, 7) is 0.878. The third kappa shape index (κ3) is 6.21. The van der Waals surface area contributed by atoms with Crippen molar-refractivity contribution in [2.24, 2.45) is 5.92 Å². The standard InChI is InChI=1S/C25H37F2N3O4S/c1-29(2)35(32,33)28-23-11-14-30(24(31)25(27)12-4-13-25)16-20(23)17-34-22-9-7-18(8-10-22)19-5-3-6-21(26)15-19/h3,5-6,15,18,20,22-23,28H,4,7-14,16-17H2,1-2H3/t18-,20-,22+,23-/m0/s1. The summed E-state index contributed by atoms with van der Waals surface area (Å²) in [5, 5.41) is 0. The molecule has 1 amide bonds. The summed E-state index contributed by atoms with van der Waals surface area (Å²) < 4.78 is 63.5. The summed E-state index contributed by atoms with van der Waals surface area (Å²) >= 11 is 0. The van der Waals surface area contributed by atoms with Crippen LogP contribution in [0.5, 0.6) is 0 Å². The van der Waals surface area contributed by atoms with Gasteiger partial charge in [-0.05, 0) is 75.0 Å². The van der Waals surface area contributed by atoms with Crippen molar-refractivity contribution in [3.63, 3.8) is 0 Å². The topological polar surface area (TPSA) is 79.0 Å². The molecule has 0 unspecified atom stereocenters. The molecule has 0 spiro atoms. The number of ether oxygens (including phenoxy) is 1. The molecular formula is C25H37F2N3O4S. The minimum atomic E-state index is -3.66. The van der Waals surface area contributed by atoms with Crippen molar-refractivity contribution in [3.05, 3.63) is 35.6 Å². The van der Waals surface area contributed by atoms with E-state index in [1.54, 1.807) is 17.0 Å². The first-order valence-electron chi connectivity index (χ1n) is 12.6. The first-order valence-corrected chi connectivity index (χ1v) is 14.1. The van der Waals surface area contributed by atoms with E-state index in [-0.39, 0.29) is 37.2 Å². The molecule has 2 atom stereocenters. The van der Waals surface area contributed by atoms with E-state index in [1.807, 2.05) is 6.07 Å². The highest BCUT2D eigenvalue weighted by atomic mass is 32.2. The Bertz CT molecular complexity index is 994. The Morgan fingerprint density at radius 2 is 1.91 bits per heavy atom. The number of hydrogen-bond donors (Lipinski definition) is 1. The lowest BCUT2D eigenvalue weighted by molar-refractivity contribution is -0.153. The number of benzene rings is 1. The molecule has 0 bridgehead atoms. The van der Waals surface area contributed by atoms with Gasteiger partial charge in [0.25, 0.3) is 16.1 Å². The van der Waals surface area contributed by atoms with Crippen molar-refractivity contribution in [1.82, 2.24) is 13.9 Å². The highest BCUT2D eigenvalue weighted by molar-refractivity contribution is 7.87. The monoisotopic (exact) mass is 513 g/mol. The van der Waals surface area contributed by atoms with Crippen molar-refractivity contribution < 1.29 is 26.7 Å². The SMILES string of the molecule is CN(C)S(=O)(=O)N[C@H]1CCN(C(=O)C2(F)CCC2)C[C@H]1CO[C@H]1CC[C@@H](c2cccc(F)c2)CC1. The van der Waals surface area contributed by atoms with Crippen molar-refractivity contribution in [2.75, 3.05) is 33.8 Å². The van der Waals surface area contributed by atoms with E-state index in [1.165, 1.54) is 20.2 Å². The molecule has 0 radical (unpaired) electrons. The zero-order chi connectivity index (χ0) is 25.2. The zero-order valence-corrected chi connectivity index (χ0v) is 21.4. The Balaban J connectivity index is 1.36. The highest BCUT2D eigenvalue weighted by Gasteiger charge is 2.48. The fraction of sp³-hybridized carbons (Fsp3) is 0.720. The summed E-state index contributed by atoms with van der Waals surface area (Å²) in [6, 6.07) is 6.35. The molecule has 4 rings (SSSR count). The third-order valence-corrected chi connectivity index (χ3v) is 9.43. The summed E-state index contributed by atoms with van der Waals surface area (Å²) in [5.74, 6) is -0.665. The fourth-order valence-electron chi connectivity index (χ4n) is 5.40. The average Bonchev–Trinajstić information content (AvgIpc) is 2.81. The molecule has 1 saturated heterocycles. The molecule has 3 fully saturated rings. The van der Waals surface area contributed by atoms with Gasteiger partial charge in [0.2, 0.25) is 0 Å². The van der Waals surface area contributed by atoms with Gasteiger partial charge in [0.1, 0.15) is 5.82 Å². The van der Waals surface area contributed by atoms with E-state index in [9.17, 15) is 22.0 Å². The van der Waals surface area contributed by atoms with E-state index in [2.05, 4.69) is 4.72 Å². The Hall–Kier alpha value is -1.62. The van der Waals surface area contributed by atoms with Crippen molar-refractivity contribution in [3.8, 4) is 0 Å². The maximum Gasteiger partial charge on any atom is 0.279 e. The van der Waals surface area contributed by atoms with Crippen molar-refractivity contribution in [2.45, 2.75) is 75.1 Å². The number of rotatable bonds is 8. The van der Waals surface area contributed by atoms with Gasteiger partial charge in [0.15, 0.2) is 5.67 Å². The number of nitrogens with zero attached hydrogens (tertiary/aromatic N) is 2. The highest BCUT2D eigenvalue weighted by Crippen LogP contribution is 2.39. The van der Waals surface area contributed by atoms with Crippen LogP contribution in [0.3, 0.4) is 0 Å². The van der Waals surface area contributed by atoms with Gasteiger partial charge in [-0.3, -0.25) is 4.79 Å². The predicted octanol–water partition coefficient (Wildman–Crippen LogP) is 3.37. The Kier molecular flexibility index (Phi) is 8.15. The van der Waals surface area contributed by atoms with Crippen LogP contribution in [-0.2, 0) is 19.7 Å². The molecule has 2 saturated carbocycles. The van der Waals surface area contributed by atoms with Crippen LogP contribution in [-0.4, -0.2) is 75.1 Å². The second-order valence-electron chi connectivity index (χ2n) is 10.5. The van der Waals surface area contributed by atoms with Crippen LogP contribution in [0, 0.1) is 11.7 Å². The number of halogens is 2. The Morgan fingerprint density at radius 1 is 1.20 bits per heavy atom. The Morgan fingerprint density at radius 3 is 2.51 bits per heavy atom. The molecule has 0 aromatic heterocycles. The van der Waals surface area contributed by atoms with Crippen LogP contribution in [0.2, 0.25) is 0 Å². The van der Waals surface area contributed by atoms with Crippen molar-refractivity contribution in [1.29, 1.82) is 0 Å². The number of nitrogens with one attached hydrogen (secondary N) is 1. The van der Waals surface area contributed by atoms with E-state index >= 15 is 0 Å². The second-order valence-corrected chi connectivity index (χ2v) is 12.4. The largest absolute Gasteiger partial charge is 0.378 e. The van der Waals surface area contributed by atoms with Gasteiger partial charge >= 0.3 is 0 Å². The number of amides is 1. The molecule has 196 valence electrons. The molecular weight excluding hydrogens is 476 g/mol. The molecule has 1 N–H and O–H groups in total. The van der Waals surface area contributed by atoms with Gasteiger partial charge in [-0.2, -0.15) is 17.4 Å². The molecule has 1 aromatic carbocycles. The zero-order valence-electron chi connectivity index (χ0n) is 20.6. The molecule has 1 aliphatic heterocycles. The van der Waals surface area contributed by atoms with Crippen LogP contribution >= 0.6 is 0 Å². The fourth-order valence-corrected chi connectivity index (χ4v) is 6.31. The van der Waals surface area contributed by atoms with Gasteiger partial charge in [0.05, 0.1) is 12.7 Å². The normalized spacial score (nSPS) is 29.1. The van der Waals surface area contributed by atoms with Crippen LogP contribution < -0.4 is 4.72 Å². The summed E-state index contributed by atoms with van der Waals surface area (Å²) in [5.41, 5.74) is -0.754. The van der Waals surface area contributed by atoms with Crippen LogP contribution in [0.4, 0.5) is 8.78 Å². The lowest BCUT2D eigenvalue weighted by Crippen LogP contribution is -2.59. The molecule has 3 aliphatic rings. The Labute approximate surface area is 207 Å². The number of carbonyl (C=O) groups is 1. The maximum atomic E-state index is 14.8. The van der Waals surface area contributed by atoms with Crippen molar-refractivity contribution >= 4 is 16.1 Å². The number of alkyl halides is 1. The summed E-state index contributed by atoms with van der Waals surface area (Å²) in [7, 11) is -0.725. The maximum absolute atomic E-state index is 14.8. The summed E-state index contributed by atoms with van der Waals surface area (Å²) in [4.78, 5) is 14.3. The first kappa shape index (κ1) is 26.4. The lowest BCUT2D eigenvalue weighted by Gasteiger charge is -2.43. The van der Waals surface area contributed by atoms with Gasteiger partial charge in [-0.15, -0.1) is 0 Å². The second kappa shape index (κ2) is 10.8. The predicted molar refractivity (Wildman–Crippen MR) is 129 cm³/mol. The number of likely N-dealkylation sites (tertiary alicyclic amines) is 1. The molecule has 1 heterocycles. The number of carbonyl (C=O) groups excluding carboxylic acids is 1. The molecule has 1 aromatic rings. The lowest BCUT2D eigenvalue weighted by atomic mass is 9.80. The quantitative estimate of drug-likeness (QED) is 0.578. The van der Waals surface area contributed by atoms with Gasteiger partial charge < -0.3 is 9.64 Å². The molecule has 35 heavy (non-hydrogen) atoms. The van der Waals surface area contributed by atoms with E-state index in [0.29, 0.717) is 31.9 Å². The third-order valence-electron chi connectivity index (χ3n) is 7.87. The van der Waals surface area contributed by atoms with Gasteiger partial charge in [0, 0.05) is 39.1 Å². The van der Waals surface area contributed by atoms with Crippen LogP contribution in [0.15, 0.2) is 24.3 Å². The minimum Gasteiger partial charge on any atom is -0.378 e. The smallest absolute Gasteiger partial charge is 0.279 e. The molecule has 2 aliphatic carbocycles. The van der Waals surface area contributed by atoms with Gasteiger partial charge in [-0.1, -0.05) is 12.1 Å². The molecule has 7 nitrogen and oxygen atoms in total. The van der Waals surface area contributed by atoms with Crippen LogP contribution in [0.25, 0.3) is 0 Å². The van der Waals surface area contributed by atoms with E-state index < -0.39 is 27.8 Å². The average molecular weight is 514 g/mol. The summed E-state index contributed by atoms with van der Waals surface area (Å²) in [6.07, 6.45) is 5.12. The minimum absolute atomic E-state index is 0.0242. The first-order chi connectivity index (χ1) is 16.6. The van der Waals surface area contributed by atoms with E-state index in [4.69, 9.17) is 4.74 Å².